The van der Waals surface area contributed by atoms with Crippen LogP contribution >= 0.6 is 11.3 Å². The van der Waals surface area contributed by atoms with Gasteiger partial charge in [0.25, 0.3) is 5.91 Å². The summed E-state index contributed by atoms with van der Waals surface area (Å²) in [6.07, 6.45) is 9.91. The van der Waals surface area contributed by atoms with Crippen LogP contribution in [-0.4, -0.2) is 22.9 Å². The predicted octanol–water partition coefficient (Wildman–Crippen LogP) is 3.61. The average Bonchev–Trinajstić information content (AvgIpc) is 3.54. The standard InChI is InChI=1S/C23H24N2O5S/c26-20(24-11-14-4-3-9-30-14)19-15-5-1-2-6-16(15)31-22(19)25-21(27)17-12-7-8-13(10-12)18(17)23(28)29/h3-4,7-9,12-13,17-18H,1-2,5-6,10-11H2,(H,24,26)(H,25,27)(H,28,29)/t12-,13-,17-,18-/m0/s1. The minimum Gasteiger partial charge on any atom is -0.481 e. The van der Waals surface area contributed by atoms with E-state index in [1.54, 1.807) is 18.4 Å². The van der Waals surface area contributed by atoms with E-state index in [-0.39, 0.29) is 30.2 Å². The molecule has 0 aliphatic heterocycles. The van der Waals surface area contributed by atoms with Crippen LogP contribution in [0.3, 0.4) is 0 Å². The molecule has 2 aromatic rings. The van der Waals surface area contributed by atoms with Crippen LogP contribution in [-0.2, 0) is 29.0 Å². The summed E-state index contributed by atoms with van der Waals surface area (Å²) >= 11 is 1.45. The van der Waals surface area contributed by atoms with E-state index in [4.69, 9.17) is 4.42 Å². The number of nitrogens with one attached hydrogen (secondary N) is 2. The van der Waals surface area contributed by atoms with Gasteiger partial charge in [0, 0.05) is 4.88 Å². The highest BCUT2D eigenvalue weighted by Crippen LogP contribution is 2.49. The molecule has 4 atom stereocenters. The van der Waals surface area contributed by atoms with Crippen molar-refractivity contribution >= 4 is 34.1 Å². The Morgan fingerprint density at radius 3 is 2.65 bits per heavy atom. The van der Waals surface area contributed by atoms with Gasteiger partial charge in [-0.2, -0.15) is 0 Å². The SMILES string of the molecule is O=C(NCc1ccco1)c1c(NC(=O)[C@@H]2[C@@H](C(=O)O)[C@H]3C=C[C@H]2C3)sc2c1CCCC2. The highest BCUT2D eigenvalue weighted by molar-refractivity contribution is 7.17. The maximum atomic E-state index is 13.2. The molecule has 3 N–H and O–H groups in total. The number of amides is 2. The molecule has 2 heterocycles. The summed E-state index contributed by atoms with van der Waals surface area (Å²) in [6, 6.07) is 3.56. The van der Waals surface area contributed by atoms with Crippen molar-refractivity contribution in [1.29, 1.82) is 0 Å². The smallest absolute Gasteiger partial charge is 0.307 e. The van der Waals surface area contributed by atoms with Gasteiger partial charge in [0.2, 0.25) is 5.91 Å². The third-order valence-corrected chi connectivity index (χ3v) is 7.89. The number of allylic oxidation sites excluding steroid dienone is 2. The van der Waals surface area contributed by atoms with Crippen LogP contribution in [0.15, 0.2) is 35.0 Å². The van der Waals surface area contributed by atoms with Crippen LogP contribution in [0.5, 0.6) is 0 Å². The summed E-state index contributed by atoms with van der Waals surface area (Å²) in [5.41, 5.74) is 1.52. The molecular formula is C23H24N2O5S. The number of hydrogen-bond acceptors (Lipinski definition) is 5. The summed E-state index contributed by atoms with van der Waals surface area (Å²) in [5.74, 6) is -2.29. The number of aliphatic carboxylic acids is 1. The number of furan rings is 1. The van der Waals surface area contributed by atoms with E-state index in [0.29, 0.717) is 22.7 Å². The van der Waals surface area contributed by atoms with Gasteiger partial charge in [-0.1, -0.05) is 12.2 Å². The highest BCUT2D eigenvalue weighted by atomic mass is 32.1. The third-order valence-electron chi connectivity index (χ3n) is 6.69. The monoisotopic (exact) mass is 440 g/mol. The molecule has 2 bridgehead atoms. The minimum absolute atomic E-state index is 0.0584. The van der Waals surface area contributed by atoms with Crippen molar-refractivity contribution in [2.24, 2.45) is 23.7 Å². The van der Waals surface area contributed by atoms with Gasteiger partial charge >= 0.3 is 5.97 Å². The summed E-state index contributed by atoms with van der Waals surface area (Å²) in [5, 5.41) is 16.0. The topological polar surface area (TPSA) is 109 Å². The summed E-state index contributed by atoms with van der Waals surface area (Å²) in [4.78, 5) is 39.2. The fourth-order valence-corrected chi connectivity index (χ4v) is 6.56. The van der Waals surface area contributed by atoms with Gasteiger partial charge < -0.3 is 20.2 Å². The number of thiophene rings is 1. The number of carboxylic acid groups (broad SMARTS) is 1. The van der Waals surface area contributed by atoms with Crippen LogP contribution in [0.25, 0.3) is 0 Å². The molecule has 31 heavy (non-hydrogen) atoms. The van der Waals surface area contributed by atoms with Crippen molar-refractivity contribution in [2.45, 2.75) is 38.6 Å². The van der Waals surface area contributed by atoms with Crippen molar-refractivity contribution in [2.75, 3.05) is 5.32 Å². The summed E-state index contributed by atoms with van der Waals surface area (Å²) in [6.45, 7) is 0.266. The van der Waals surface area contributed by atoms with Crippen molar-refractivity contribution < 1.29 is 23.9 Å². The first-order valence-electron chi connectivity index (χ1n) is 10.7. The van der Waals surface area contributed by atoms with E-state index in [0.717, 1.165) is 36.1 Å². The Hall–Kier alpha value is -2.87. The normalized spacial score (nSPS) is 25.9. The summed E-state index contributed by atoms with van der Waals surface area (Å²) < 4.78 is 5.29. The number of rotatable bonds is 6. The molecule has 8 heteroatoms. The number of aryl methyl sites for hydroxylation is 1. The quantitative estimate of drug-likeness (QED) is 0.595. The molecule has 2 aromatic heterocycles. The molecule has 0 radical (unpaired) electrons. The van der Waals surface area contributed by atoms with Crippen LogP contribution in [0.1, 0.15) is 45.8 Å². The predicted molar refractivity (Wildman–Crippen MR) is 115 cm³/mol. The first-order chi connectivity index (χ1) is 15.0. The molecule has 1 fully saturated rings. The molecular weight excluding hydrogens is 416 g/mol. The molecule has 7 nitrogen and oxygen atoms in total. The molecule has 0 aromatic carbocycles. The number of anilines is 1. The van der Waals surface area contributed by atoms with Crippen LogP contribution in [0, 0.1) is 23.7 Å². The Labute approximate surface area is 183 Å². The molecule has 0 saturated heterocycles. The fraction of sp³-hybridized carbons (Fsp3) is 0.435. The number of carboxylic acids is 1. The lowest BCUT2D eigenvalue weighted by Crippen LogP contribution is -2.36. The zero-order chi connectivity index (χ0) is 21.5. The molecule has 1 saturated carbocycles. The number of carbonyl (C=O) groups is 3. The second kappa shape index (κ2) is 8.00. The largest absolute Gasteiger partial charge is 0.481 e. The third kappa shape index (κ3) is 3.59. The van der Waals surface area contributed by atoms with E-state index in [2.05, 4.69) is 10.6 Å². The van der Waals surface area contributed by atoms with Crippen molar-refractivity contribution in [3.05, 3.63) is 52.3 Å². The van der Waals surface area contributed by atoms with Crippen LogP contribution in [0.4, 0.5) is 5.00 Å². The van der Waals surface area contributed by atoms with E-state index < -0.39 is 17.8 Å². The van der Waals surface area contributed by atoms with Gasteiger partial charge in [-0.05, 0) is 61.6 Å². The first kappa shape index (κ1) is 20.1. The van der Waals surface area contributed by atoms with Crippen molar-refractivity contribution in [3.8, 4) is 0 Å². The van der Waals surface area contributed by atoms with Gasteiger partial charge in [0.1, 0.15) is 10.8 Å². The highest BCUT2D eigenvalue weighted by Gasteiger charge is 2.51. The molecule has 162 valence electrons. The molecule has 3 aliphatic carbocycles. The van der Waals surface area contributed by atoms with Crippen LogP contribution in [0.2, 0.25) is 0 Å². The lowest BCUT2D eigenvalue weighted by atomic mass is 9.82. The van der Waals surface area contributed by atoms with E-state index in [1.807, 2.05) is 12.2 Å². The second-order valence-corrected chi connectivity index (χ2v) is 9.61. The van der Waals surface area contributed by atoms with Gasteiger partial charge in [0.15, 0.2) is 0 Å². The van der Waals surface area contributed by atoms with Gasteiger partial charge in [-0.3, -0.25) is 14.4 Å². The number of fused-ring (bicyclic) bond motifs is 3. The minimum atomic E-state index is -0.932. The molecule has 3 aliphatic rings. The Bertz CT molecular complexity index is 1050. The van der Waals surface area contributed by atoms with Crippen molar-refractivity contribution in [1.82, 2.24) is 5.32 Å². The maximum Gasteiger partial charge on any atom is 0.307 e. The average molecular weight is 441 g/mol. The second-order valence-electron chi connectivity index (χ2n) is 8.50. The van der Waals surface area contributed by atoms with Crippen molar-refractivity contribution in [3.63, 3.8) is 0 Å². The Kier molecular flexibility index (Phi) is 5.17. The van der Waals surface area contributed by atoms with Crippen LogP contribution < -0.4 is 10.6 Å². The lowest BCUT2D eigenvalue weighted by Gasteiger charge is -2.23. The first-order valence-corrected chi connectivity index (χ1v) is 11.5. The molecule has 2 amide bonds. The fourth-order valence-electron chi connectivity index (χ4n) is 5.27. The zero-order valence-electron chi connectivity index (χ0n) is 16.9. The van der Waals surface area contributed by atoms with E-state index in [9.17, 15) is 19.5 Å². The lowest BCUT2D eigenvalue weighted by molar-refractivity contribution is -0.146. The Morgan fingerprint density at radius 1 is 1.13 bits per heavy atom. The van der Waals surface area contributed by atoms with E-state index >= 15 is 0 Å². The summed E-state index contributed by atoms with van der Waals surface area (Å²) in [7, 11) is 0. The van der Waals surface area contributed by atoms with Gasteiger partial charge in [0.05, 0.1) is 30.2 Å². The number of hydrogen-bond donors (Lipinski definition) is 3. The Morgan fingerprint density at radius 2 is 1.90 bits per heavy atom. The molecule has 0 unspecified atom stereocenters. The molecule has 5 rings (SSSR count). The van der Waals surface area contributed by atoms with E-state index in [1.165, 1.54) is 11.3 Å². The maximum absolute atomic E-state index is 13.2. The zero-order valence-corrected chi connectivity index (χ0v) is 17.7. The Balaban J connectivity index is 1.40. The molecule has 0 spiro atoms. The van der Waals surface area contributed by atoms with Gasteiger partial charge in [-0.25, -0.2) is 0 Å². The number of carbonyl (C=O) groups excluding carboxylic acids is 2. The van der Waals surface area contributed by atoms with Gasteiger partial charge in [-0.15, -0.1) is 11.3 Å².